The molecule has 0 saturated carbocycles. The summed E-state index contributed by atoms with van der Waals surface area (Å²) in [5.41, 5.74) is 3.99. The van der Waals surface area contributed by atoms with Crippen molar-refractivity contribution < 1.29 is 40.9 Å². The third-order valence-electron chi connectivity index (χ3n) is 7.87. The van der Waals surface area contributed by atoms with Crippen LogP contribution in [0.3, 0.4) is 0 Å². The first-order valence-electron chi connectivity index (χ1n) is 15.3. The number of aryl methyl sites for hydroxylation is 1. The Kier molecular flexibility index (Phi) is 13.0. The smallest absolute Gasteiger partial charge is 0.339 e. The first-order chi connectivity index (χ1) is 21.6. The van der Waals surface area contributed by atoms with Gasteiger partial charge >= 0.3 is 5.97 Å². The van der Waals surface area contributed by atoms with Crippen LogP contribution in [-0.2, 0) is 20.2 Å². The van der Waals surface area contributed by atoms with Gasteiger partial charge in [0.25, 0.3) is 20.2 Å². The van der Waals surface area contributed by atoms with Crippen molar-refractivity contribution in [1.82, 2.24) is 0 Å². The number of carboxylic acids is 1. The summed E-state index contributed by atoms with van der Waals surface area (Å²) in [5, 5.41) is 20.3. The van der Waals surface area contributed by atoms with Crippen LogP contribution in [0.2, 0.25) is 0 Å². The Bertz CT molecular complexity index is 1580. The predicted molar refractivity (Wildman–Crippen MR) is 181 cm³/mol. The molecule has 0 spiro atoms. The molecule has 0 aliphatic carbocycles. The van der Waals surface area contributed by atoms with Gasteiger partial charge < -0.3 is 20.0 Å². The first-order valence-corrected chi connectivity index (χ1v) is 18.5. The zero-order chi connectivity index (χ0) is 34.1. The van der Waals surface area contributed by atoms with Gasteiger partial charge in [0.15, 0.2) is 0 Å². The molecule has 0 radical (unpaired) electrons. The van der Waals surface area contributed by atoms with Crippen molar-refractivity contribution in [1.29, 1.82) is 0 Å². The van der Waals surface area contributed by atoms with Gasteiger partial charge in [-0.05, 0) is 72.4 Å². The van der Waals surface area contributed by atoms with Crippen LogP contribution < -0.4 is 9.80 Å². The Morgan fingerprint density at radius 3 is 1.46 bits per heavy atom. The van der Waals surface area contributed by atoms with Crippen LogP contribution in [0.15, 0.2) is 60.7 Å². The van der Waals surface area contributed by atoms with Gasteiger partial charge in [0, 0.05) is 43.5 Å². The second-order valence-corrected chi connectivity index (χ2v) is 14.6. The largest absolute Gasteiger partial charge is 0.507 e. The number of carbonyl (C=O) groups is 1. The van der Waals surface area contributed by atoms with Crippen molar-refractivity contribution in [3.05, 3.63) is 88.5 Å². The monoisotopic (exact) mass is 676 g/mol. The lowest BCUT2D eigenvalue weighted by Crippen LogP contribution is -2.30. The summed E-state index contributed by atoms with van der Waals surface area (Å²) in [4.78, 5) is 15.8. The summed E-state index contributed by atoms with van der Waals surface area (Å²) in [6.45, 7) is 7.13. The molecular formula is C33H44N2O9S2. The number of aromatic hydroxyl groups is 1. The molecule has 0 aromatic heterocycles. The Labute approximate surface area is 272 Å². The Morgan fingerprint density at radius 2 is 1.11 bits per heavy atom. The molecule has 0 aliphatic rings. The minimum atomic E-state index is -4.15. The van der Waals surface area contributed by atoms with Crippen molar-refractivity contribution in [3.63, 3.8) is 0 Å². The highest BCUT2D eigenvalue weighted by Crippen LogP contribution is 2.37. The maximum Gasteiger partial charge on any atom is 0.339 e. The lowest BCUT2D eigenvalue weighted by atomic mass is 9.83. The first kappa shape index (κ1) is 36.8. The van der Waals surface area contributed by atoms with Crippen LogP contribution in [0, 0.1) is 6.92 Å². The van der Waals surface area contributed by atoms with Crippen LogP contribution in [0.1, 0.15) is 78.1 Å². The number of hydrogen-bond acceptors (Lipinski definition) is 8. The Morgan fingerprint density at radius 1 is 0.696 bits per heavy atom. The van der Waals surface area contributed by atoms with Crippen LogP contribution in [0.4, 0.5) is 11.4 Å². The van der Waals surface area contributed by atoms with Gasteiger partial charge in [-0.15, -0.1) is 0 Å². The molecule has 0 heterocycles. The molecule has 3 rings (SSSR count). The van der Waals surface area contributed by atoms with Crippen molar-refractivity contribution in [2.24, 2.45) is 0 Å². The maximum atomic E-state index is 12.0. The number of phenols is 1. The van der Waals surface area contributed by atoms with Crippen molar-refractivity contribution in [2.45, 2.75) is 52.4 Å². The predicted octanol–water partition coefficient (Wildman–Crippen LogP) is 5.57. The normalized spacial score (nSPS) is 12.0. The molecular weight excluding hydrogens is 633 g/mol. The van der Waals surface area contributed by atoms with Crippen LogP contribution in [-0.4, -0.2) is 79.8 Å². The fourth-order valence-corrected chi connectivity index (χ4v) is 6.26. The second kappa shape index (κ2) is 16.3. The molecule has 11 nitrogen and oxygen atoms in total. The molecule has 0 atom stereocenters. The van der Waals surface area contributed by atoms with Gasteiger partial charge in [0.1, 0.15) is 11.3 Å². The molecule has 3 aromatic rings. The fourth-order valence-electron chi connectivity index (χ4n) is 5.36. The summed E-state index contributed by atoms with van der Waals surface area (Å²) < 4.78 is 64.4. The van der Waals surface area contributed by atoms with Crippen molar-refractivity contribution >= 4 is 37.6 Å². The van der Waals surface area contributed by atoms with E-state index in [9.17, 15) is 40.9 Å². The van der Waals surface area contributed by atoms with Gasteiger partial charge in [-0.1, -0.05) is 57.0 Å². The van der Waals surface area contributed by atoms with E-state index in [2.05, 4.69) is 0 Å². The van der Waals surface area contributed by atoms with E-state index in [1.54, 1.807) is 13.0 Å². The van der Waals surface area contributed by atoms with E-state index in [1.807, 2.05) is 72.2 Å². The number of nitrogens with zero attached hydrogens (tertiary/aromatic N) is 2. The Hall–Kier alpha value is -3.65. The number of rotatable bonds is 18. The summed E-state index contributed by atoms with van der Waals surface area (Å²) in [7, 11) is -8.29. The molecule has 0 amide bonds. The fraction of sp³-hybridized carbons (Fsp3) is 0.424. The molecule has 0 fully saturated rings. The van der Waals surface area contributed by atoms with E-state index < -0.39 is 43.6 Å². The van der Waals surface area contributed by atoms with E-state index in [4.69, 9.17) is 0 Å². The van der Waals surface area contributed by atoms with E-state index >= 15 is 0 Å². The molecule has 4 N–H and O–H groups in total. The summed E-state index contributed by atoms with van der Waals surface area (Å²) in [5.74, 6) is -2.83. The number of aromatic carboxylic acids is 1. The number of benzene rings is 3. The third kappa shape index (κ3) is 10.7. The van der Waals surface area contributed by atoms with Gasteiger partial charge in [-0.3, -0.25) is 9.11 Å². The number of hydrogen-bond donors (Lipinski definition) is 4. The zero-order valence-corrected chi connectivity index (χ0v) is 28.1. The average Bonchev–Trinajstić information content (AvgIpc) is 2.99. The minimum absolute atomic E-state index is 0.119. The lowest BCUT2D eigenvalue weighted by molar-refractivity contribution is 0.0693. The van der Waals surface area contributed by atoms with Crippen molar-refractivity contribution in [2.75, 3.05) is 47.5 Å². The van der Waals surface area contributed by atoms with E-state index in [-0.39, 0.29) is 24.4 Å². The van der Waals surface area contributed by atoms with Gasteiger partial charge in [0.05, 0.1) is 11.5 Å². The SMILES string of the molecule is CCCCN(CCS(=O)(=O)O)c1ccc(C(c2ccc(N(CCCC)CCS(=O)(=O)O)cc2)c2cc(C)c(O)c(C(=O)O)c2)cc1. The van der Waals surface area contributed by atoms with E-state index in [0.29, 0.717) is 24.2 Å². The van der Waals surface area contributed by atoms with Gasteiger partial charge in [-0.25, -0.2) is 4.79 Å². The molecule has 0 saturated heterocycles. The lowest BCUT2D eigenvalue weighted by Gasteiger charge is -2.27. The number of anilines is 2. The highest BCUT2D eigenvalue weighted by Gasteiger charge is 2.23. The molecule has 46 heavy (non-hydrogen) atoms. The zero-order valence-electron chi connectivity index (χ0n) is 26.5. The summed E-state index contributed by atoms with van der Waals surface area (Å²) in [6.07, 6.45) is 3.45. The van der Waals surface area contributed by atoms with Crippen LogP contribution >= 0.6 is 0 Å². The molecule has 3 aromatic carbocycles. The highest BCUT2D eigenvalue weighted by atomic mass is 32.2. The van der Waals surface area contributed by atoms with Crippen LogP contribution in [0.25, 0.3) is 0 Å². The van der Waals surface area contributed by atoms with Gasteiger partial charge in [0.2, 0.25) is 0 Å². The Balaban J connectivity index is 2.08. The molecule has 0 unspecified atom stereocenters. The summed E-state index contributed by atoms with van der Waals surface area (Å²) >= 11 is 0. The summed E-state index contributed by atoms with van der Waals surface area (Å²) in [6, 6.07) is 18.2. The topological polar surface area (TPSA) is 173 Å². The number of carboxylic acid groups (broad SMARTS) is 1. The molecule has 252 valence electrons. The standard InChI is InChI=1S/C33H44N2O9S2/c1-4-6-16-34(18-20-45(39,40)41)28-12-8-25(9-13-28)31(27-22-24(3)32(36)30(23-27)33(37)38)26-10-14-29(15-11-26)35(17-7-5-2)19-21-46(42,43)44/h8-15,22-23,31,36H,4-7,16-21H2,1-3H3,(H,37,38)(H,39,40,41)(H,42,43,44). The highest BCUT2D eigenvalue weighted by molar-refractivity contribution is 7.86. The molecule has 0 aliphatic heterocycles. The van der Waals surface area contributed by atoms with Gasteiger partial charge in [-0.2, -0.15) is 16.8 Å². The number of unbranched alkanes of at least 4 members (excludes halogenated alkanes) is 2. The van der Waals surface area contributed by atoms with E-state index in [1.165, 1.54) is 6.07 Å². The quantitative estimate of drug-likeness (QED) is 0.0980. The third-order valence-corrected chi connectivity index (χ3v) is 9.27. The maximum absolute atomic E-state index is 12.0. The molecule has 0 bridgehead atoms. The molecule has 13 heteroatoms. The van der Waals surface area contributed by atoms with Crippen LogP contribution in [0.5, 0.6) is 5.75 Å². The average molecular weight is 677 g/mol. The minimum Gasteiger partial charge on any atom is -0.507 e. The van der Waals surface area contributed by atoms with E-state index in [0.717, 1.165) is 48.2 Å². The second-order valence-electron chi connectivity index (χ2n) is 11.4. The van der Waals surface area contributed by atoms with Crippen molar-refractivity contribution in [3.8, 4) is 5.75 Å².